The van der Waals surface area contributed by atoms with E-state index in [2.05, 4.69) is 5.32 Å². The van der Waals surface area contributed by atoms with Crippen molar-refractivity contribution in [2.24, 2.45) is 0 Å². The van der Waals surface area contributed by atoms with Crippen LogP contribution in [0.4, 0.5) is 0 Å². The fourth-order valence-corrected chi connectivity index (χ4v) is 2.65. The summed E-state index contributed by atoms with van der Waals surface area (Å²) in [5.41, 5.74) is 1.34. The van der Waals surface area contributed by atoms with Crippen molar-refractivity contribution in [3.63, 3.8) is 0 Å². The third-order valence-corrected chi connectivity index (χ3v) is 3.91. The van der Waals surface area contributed by atoms with Crippen molar-refractivity contribution >= 4 is 22.8 Å². The Morgan fingerprint density at radius 3 is 2.91 bits per heavy atom. The van der Waals surface area contributed by atoms with Crippen LogP contribution >= 0.6 is 0 Å². The Morgan fingerprint density at radius 2 is 2.17 bits per heavy atom. The number of esters is 1. The van der Waals surface area contributed by atoms with Gasteiger partial charge in [-0.3, -0.25) is 4.79 Å². The Morgan fingerprint density at radius 1 is 1.35 bits per heavy atom. The van der Waals surface area contributed by atoms with Gasteiger partial charge in [0.25, 0.3) is 5.91 Å². The second-order valence-corrected chi connectivity index (χ2v) is 5.57. The standard InChI is InChI=1S/C17H19NO5/c1-11-13-6-2-3-7-14(13)23-16(11)17(20)22-10-15(19)18-9-12-5-4-8-21-12/h2-3,6-7,12H,4-5,8-10H2,1H3,(H,18,19). The summed E-state index contributed by atoms with van der Waals surface area (Å²) < 4.78 is 15.9. The molecule has 0 radical (unpaired) electrons. The van der Waals surface area contributed by atoms with Gasteiger partial charge in [0.05, 0.1) is 6.10 Å². The predicted octanol–water partition coefficient (Wildman–Crippen LogP) is 2.19. The van der Waals surface area contributed by atoms with Crippen LogP contribution in [0.25, 0.3) is 11.0 Å². The summed E-state index contributed by atoms with van der Waals surface area (Å²) in [5.74, 6) is -0.841. The molecule has 1 amide bonds. The summed E-state index contributed by atoms with van der Waals surface area (Å²) in [7, 11) is 0. The molecule has 0 aliphatic carbocycles. The number of fused-ring (bicyclic) bond motifs is 1. The van der Waals surface area contributed by atoms with E-state index in [0.29, 0.717) is 17.7 Å². The number of rotatable bonds is 5. The van der Waals surface area contributed by atoms with Gasteiger partial charge in [-0.25, -0.2) is 4.79 Å². The zero-order chi connectivity index (χ0) is 16.2. The fourth-order valence-electron chi connectivity index (χ4n) is 2.65. The topological polar surface area (TPSA) is 77.8 Å². The number of hydrogen-bond acceptors (Lipinski definition) is 5. The van der Waals surface area contributed by atoms with Crippen LogP contribution in [0.2, 0.25) is 0 Å². The van der Waals surface area contributed by atoms with Crippen LogP contribution in [-0.2, 0) is 14.3 Å². The molecular weight excluding hydrogens is 298 g/mol. The van der Waals surface area contributed by atoms with Gasteiger partial charge in [-0.15, -0.1) is 0 Å². The Labute approximate surface area is 133 Å². The molecule has 1 aliphatic heterocycles. The molecule has 122 valence electrons. The highest BCUT2D eigenvalue weighted by Crippen LogP contribution is 2.25. The van der Waals surface area contributed by atoms with Crippen LogP contribution in [-0.4, -0.2) is 37.7 Å². The molecule has 2 aromatic rings. The quantitative estimate of drug-likeness (QED) is 0.855. The molecule has 1 aromatic carbocycles. The number of nitrogens with one attached hydrogen (secondary N) is 1. The van der Waals surface area contributed by atoms with Crippen molar-refractivity contribution in [3.8, 4) is 0 Å². The molecule has 6 nitrogen and oxygen atoms in total. The number of carbonyl (C=O) groups excluding carboxylic acids is 2. The van der Waals surface area contributed by atoms with Gasteiger partial charge in [-0.2, -0.15) is 0 Å². The van der Waals surface area contributed by atoms with Crippen LogP contribution in [0.1, 0.15) is 29.0 Å². The maximum Gasteiger partial charge on any atom is 0.375 e. The summed E-state index contributed by atoms with van der Waals surface area (Å²) in [5, 5.41) is 3.56. The summed E-state index contributed by atoms with van der Waals surface area (Å²) in [6.45, 7) is 2.64. The molecule has 1 N–H and O–H groups in total. The molecule has 1 atom stereocenters. The van der Waals surface area contributed by atoms with Crippen LogP contribution in [0, 0.1) is 6.92 Å². The van der Waals surface area contributed by atoms with E-state index in [1.165, 1.54) is 0 Å². The number of furan rings is 1. The van der Waals surface area contributed by atoms with E-state index in [4.69, 9.17) is 13.9 Å². The van der Waals surface area contributed by atoms with Crippen molar-refractivity contribution in [2.75, 3.05) is 19.8 Å². The first-order valence-corrected chi connectivity index (χ1v) is 7.68. The third kappa shape index (κ3) is 3.53. The zero-order valence-electron chi connectivity index (χ0n) is 13.0. The molecule has 1 unspecified atom stereocenters. The highest BCUT2D eigenvalue weighted by Gasteiger charge is 2.20. The Bertz CT molecular complexity index is 715. The van der Waals surface area contributed by atoms with Crippen LogP contribution in [0.3, 0.4) is 0 Å². The van der Waals surface area contributed by atoms with E-state index in [0.717, 1.165) is 24.8 Å². The van der Waals surface area contributed by atoms with E-state index >= 15 is 0 Å². The van der Waals surface area contributed by atoms with Crippen LogP contribution in [0.15, 0.2) is 28.7 Å². The number of para-hydroxylation sites is 1. The first-order chi connectivity index (χ1) is 11.1. The maximum atomic E-state index is 12.1. The van der Waals surface area contributed by atoms with Crippen molar-refractivity contribution in [2.45, 2.75) is 25.9 Å². The van der Waals surface area contributed by atoms with Crippen molar-refractivity contribution in [1.29, 1.82) is 0 Å². The summed E-state index contributed by atoms with van der Waals surface area (Å²) in [6.07, 6.45) is 2.02. The highest BCUT2D eigenvalue weighted by atomic mass is 16.5. The lowest BCUT2D eigenvalue weighted by Gasteiger charge is -2.10. The van der Waals surface area contributed by atoms with E-state index in [1.54, 1.807) is 13.0 Å². The molecule has 1 aromatic heterocycles. The van der Waals surface area contributed by atoms with E-state index < -0.39 is 5.97 Å². The van der Waals surface area contributed by atoms with Gasteiger partial charge >= 0.3 is 5.97 Å². The van der Waals surface area contributed by atoms with Gasteiger partial charge in [0.2, 0.25) is 5.76 Å². The smallest absolute Gasteiger partial charge is 0.375 e. The summed E-state index contributed by atoms with van der Waals surface area (Å²) >= 11 is 0. The summed E-state index contributed by atoms with van der Waals surface area (Å²) in [6, 6.07) is 7.37. The number of amides is 1. The lowest BCUT2D eigenvalue weighted by molar-refractivity contribution is -0.124. The number of carbonyl (C=O) groups is 2. The van der Waals surface area contributed by atoms with Crippen LogP contribution in [0.5, 0.6) is 0 Å². The van der Waals surface area contributed by atoms with Crippen molar-refractivity contribution in [3.05, 3.63) is 35.6 Å². The minimum Gasteiger partial charge on any atom is -0.450 e. The number of benzene rings is 1. The van der Waals surface area contributed by atoms with Gasteiger partial charge in [-0.1, -0.05) is 18.2 Å². The zero-order valence-corrected chi connectivity index (χ0v) is 13.0. The normalized spacial score (nSPS) is 17.3. The van der Waals surface area contributed by atoms with Gasteiger partial charge in [0.1, 0.15) is 5.58 Å². The van der Waals surface area contributed by atoms with Gasteiger partial charge in [-0.05, 0) is 25.8 Å². The molecule has 1 aliphatic rings. The Hall–Kier alpha value is -2.34. The Balaban J connectivity index is 1.53. The van der Waals surface area contributed by atoms with Gasteiger partial charge in [0.15, 0.2) is 6.61 Å². The van der Waals surface area contributed by atoms with E-state index in [1.807, 2.05) is 18.2 Å². The fraction of sp³-hybridized carbons (Fsp3) is 0.412. The largest absolute Gasteiger partial charge is 0.450 e. The molecule has 3 rings (SSSR count). The summed E-state index contributed by atoms with van der Waals surface area (Å²) in [4.78, 5) is 23.8. The van der Waals surface area contributed by atoms with Crippen molar-refractivity contribution < 1.29 is 23.5 Å². The van der Waals surface area contributed by atoms with Gasteiger partial charge in [0, 0.05) is 24.1 Å². The lowest BCUT2D eigenvalue weighted by atomic mass is 10.1. The molecule has 1 saturated heterocycles. The lowest BCUT2D eigenvalue weighted by Crippen LogP contribution is -2.34. The minimum atomic E-state index is -0.633. The SMILES string of the molecule is Cc1c(C(=O)OCC(=O)NCC2CCCO2)oc2ccccc12. The first-order valence-electron chi connectivity index (χ1n) is 7.68. The third-order valence-electron chi connectivity index (χ3n) is 3.91. The molecular formula is C17H19NO5. The average molecular weight is 317 g/mol. The first kappa shape index (κ1) is 15.6. The molecule has 0 saturated carbocycles. The van der Waals surface area contributed by atoms with Gasteiger partial charge < -0.3 is 19.2 Å². The molecule has 0 spiro atoms. The molecule has 6 heteroatoms. The van der Waals surface area contributed by atoms with Crippen LogP contribution < -0.4 is 5.32 Å². The second-order valence-electron chi connectivity index (χ2n) is 5.57. The number of hydrogen-bond donors (Lipinski definition) is 1. The van der Waals surface area contributed by atoms with E-state index in [-0.39, 0.29) is 24.4 Å². The average Bonchev–Trinajstić information content (AvgIpc) is 3.19. The molecule has 23 heavy (non-hydrogen) atoms. The second kappa shape index (κ2) is 6.83. The van der Waals surface area contributed by atoms with Crippen molar-refractivity contribution in [1.82, 2.24) is 5.32 Å². The Kier molecular flexibility index (Phi) is 4.62. The monoisotopic (exact) mass is 317 g/mol. The minimum absolute atomic E-state index is 0.0623. The highest BCUT2D eigenvalue weighted by molar-refractivity contribution is 5.96. The molecule has 1 fully saturated rings. The van der Waals surface area contributed by atoms with E-state index in [9.17, 15) is 9.59 Å². The number of aryl methyl sites for hydroxylation is 1. The molecule has 2 heterocycles. The maximum absolute atomic E-state index is 12.1. The molecule has 0 bridgehead atoms. The predicted molar refractivity (Wildman–Crippen MR) is 83.2 cm³/mol. The number of ether oxygens (including phenoxy) is 2.